The van der Waals surface area contributed by atoms with Crippen LogP contribution in [0.4, 0.5) is 5.69 Å². The standard InChI is InChI=1S/C11H17N3O3/c1-14(2)11(17)10-5-8(3-4-12-10)13-9(6-15)7-16/h3-5,9,15-16H,6-7H2,1-2H3,(H,12,13). The second kappa shape index (κ2) is 6.17. The van der Waals surface area contributed by atoms with Gasteiger partial charge in [-0.25, -0.2) is 0 Å². The molecule has 0 spiro atoms. The van der Waals surface area contributed by atoms with Gasteiger partial charge in [0.2, 0.25) is 0 Å². The fourth-order valence-electron chi connectivity index (χ4n) is 1.25. The van der Waals surface area contributed by atoms with Crippen molar-refractivity contribution < 1.29 is 15.0 Å². The number of amides is 1. The molecular formula is C11H17N3O3. The van der Waals surface area contributed by atoms with Crippen molar-refractivity contribution in [1.82, 2.24) is 9.88 Å². The summed E-state index contributed by atoms with van der Waals surface area (Å²) in [5.74, 6) is -0.196. The zero-order chi connectivity index (χ0) is 12.8. The van der Waals surface area contributed by atoms with E-state index in [9.17, 15) is 4.79 Å². The molecule has 1 amide bonds. The summed E-state index contributed by atoms with van der Waals surface area (Å²) in [6, 6.07) is 2.81. The number of carbonyl (C=O) groups is 1. The van der Waals surface area contributed by atoms with Gasteiger partial charge in [0.1, 0.15) is 5.69 Å². The van der Waals surface area contributed by atoms with E-state index in [1.807, 2.05) is 0 Å². The van der Waals surface area contributed by atoms with Crippen LogP contribution in [0.1, 0.15) is 10.5 Å². The highest BCUT2D eigenvalue weighted by Gasteiger charge is 2.11. The Morgan fingerprint density at radius 2 is 2.12 bits per heavy atom. The first kappa shape index (κ1) is 13.4. The van der Waals surface area contributed by atoms with Gasteiger partial charge in [0, 0.05) is 26.0 Å². The van der Waals surface area contributed by atoms with E-state index < -0.39 is 6.04 Å². The highest BCUT2D eigenvalue weighted by molar-refractivity contribution is 5.92. The molecule has 17 heavy (non-hydrogen) atoms. The normalized spacial score (nSPS) is 10.4. The third-order valence-corrected chi connectivity index (χ3v) is 2.20. The van der Waals surface area contributed by atoms with E-state index >= 15 is 0 Å². The maximum Gasteiger partial charge on any atom is 0.272 e. The third-order valence-electron chi connectivity index (χ3n) is 2.20. The minimum Gasteiger partial charge on any atom is -0.394 e. The Morgan fingerprint density at radius 3 is 2.65 bits per heavy atom. The van der Waals surface area contributed by atoms with Gasteiger partial charge in [-0.3, -0.25) is 9.78 Å². The van der Waals surface area contributed by atoms with Crippen LogP contribution in [0.5, 0.6) is 0 Å². The largest absolute Gasteiger partial charge is 0.394 e. The Labute approximate surface area is 99.9 Å². The van der Waals surface area contributed by atoms with Crippen LogP contribution in [0.2, 0.25) is 0 Å². The zero-order valence-electron chi connectivity index (χ0n) is 9.92. The van der Waals surface area contributed by atoms with Crippen molar-refractivity contribution in [2.45, 2.75) is 6.04 Å². The van der Waals surface area contributed by atoms with E-state index in [0.717, 1.165) is 0 Å². The fourth-order valence-corrected chi connectivity index (χ4v) is 1.25. The SMILES string of the molecule is CN(C)C(=O)c1cc(NC(CO)CO)ccn1. The summed E-state index contributed by atoms with van der Waals surface area (Å²) in [6.45, 7) is -0.369. The molecule has 0 saturated heterocycles. The summed E-state index contributed by atoms with van der Waals surface area (Å²) < 4.78 is 0. The number of pyridine rings is 1. The van der Waals surface area contributed by atoms with Crippen LogP contribution in [-0.2, 0) is 0 Å². The lowest BCUT2D eigenvalue weighted by molar-refractivity contribution is 0.0822. The van der Waals surface area contributed by atoms with Gasteiger partial charge in [0.15, 0.2) is 0 Å². The number of nitrogens with one attached hydrogen (secondary N) is 1. The summed E-state index contributed by atoms with van der Waals surface area (Å²) in [5, 5.41) is 20.8. The van der Waals surface area contributed by atoms with Gasteiger partial charge in [-0.2, -0.15) is 0 Å². The smallest absolute Gasteiger partial charge is 0.272 e. The highest BCUT2D eigenvalue weighted by Crippen LogP contribution is 2.10. The second-order valence-corrected chi connectivity index (χ2v) is 3.84. The Bertz CT molecular complexity index is 378. The van der Waals surface area contributed by atoms with Crippen LogP contribution in [-0.4, -0.2) is 59.4 Å². The summed E-state index contributed by atoms with van der Waals surface area (Å²) in [4.78, 5) is 17.1. The van der Waals surface area contributed by atoms with Gasteiger partial charge in [-0.05, 0) is 12.1 Å². The Hall–Kier alpha value is -1.66. The number of hydrogen-bond acceptors (Lipinski definition) is 5. The predicted octanol–water partition coefficient (Wildman–Crippen LogP) is -0.452. The maximum atomic E-state index is 11.7. The molecule has 1 aromatic heterocycles. The molecule has 0 aliphatic heterocycles. The topological polar surface area (TPSA) is 85.7 Å². The minimum absolute atomic E-state index is 0.185. The lowest BCUT2D eigenvalue weighted by atomic mass is 10.2. The zero-order valence-corrected chi connectivity index (χ0v) is 9.92. The molecular weight excluding hydrogens is 222 g/mol. The molecule has 0 saturated carbocycles. The molecule has 1 heterocycles. The first-order valence-electron chi connectivity index (χ1n) is 5.24. The van der Waals surface area contributed by atoms with E-state index in [0.29, 0.717) is 11.4 Å². The fraction of sp³-hybridized carbons (Fsp3) is 0.455. The van der Waals surface area contributed by atoms with Crippen molar-refractivity contribution >= 4 is 11.6 Å². The lowest BCUT2D eigenvalue weighted by Gasteiger charge is -2.15. The van der Waals surface area contributed by atoms with Crippen LogP contribution in [0.3, 0.4) is 0 Å². The molecule has 0 aromatic carbocycles. The Balaban J connectivity index is 2.82. The number of hydrogen-bond donors (Lipinski definition) is 3. The number of nitrogens with zero attached hydrogens (tertiary/aromatic N) is 2. The number of aromatic nitrogens is 1. The molecule has 6 heteroatoms. The summed E-state index contributed by atoms with van der Waals surface area (Å²) in [5.41, 5.74) is 0.952. The van der Waals surface area contributed by atoms with Crippen molar-refractivity contribution in [2.24, 2.45) is 0 Å². The van der Waals surface area contributed by atoms with Gasteiger partial charge in [0.25, 0.3) is 5.91 Å². The minimum atomic E-state index is -0.445. The average molecular weight is 239 g/mol. The quantitative estimate of drug-likeness (QED) is 0.648. The van der Waals surface area contributed by atoms with E-state index in [4.69, 9.17) is 10.2 Å². The van der Waals surface area contributed by atoms with E-state index in [1.165, 1.54) is 11.1 Å². The molecule has 1 rings (SSSR count). The van der Waals surface area contributed by atoms with Crippen LogP contribution in [0.25, 0.3) is 0 Å². The van der Waals surface area contributed by atoms with E-state index in [1.54, 1.807) is 26.2 Å². The number of aliphatic hydroxyl groups is 2. The van der Waals surface area contributed by atoms with Crippen LogP contribution < -0.4 is 5.32 Å². The molecule has 0 bridgehead atoms. The van der Waals surface area contributed by atoms with Crippen molar-refractivity contribution in [1.29, 1.82) is 0 Å². The molecule has 0 atom stereocenters. The number of rotatable bonds is 5. The van der Waals surface area contributed by atoms with Gasteiger partial charge in [-0.15, -0.1) is 0 Å². The molecule has 0 unspecified atom stereocenters. The molecule has 3 N–H and O–H groups in total. The molecule has 94 valence electrons. The van der Waals surface area contributed by atoms with Gasteiger partial charge in [0.05, 0.1) is 19.3 Å². The monoisotopic (exact) mass is 239 g/mol. The predicted molar refractivity (Wildman–Crippen MR) is 63.8 cm³/mol. The van der Waals surface area contributed by atoms with Gasteiger partial charge in [-0.1, -0.05) is 0 Å². The second-order valence-electron chi connectivity index (χ2n) is 3.84. The molecule has 0 aliphatic carbocycles. The average Bonchev–Trinajstić information content (AvgIpc) is 2.35. The van der Waals surface area contributed by atoms with E-state index in [-0.39, 0.29) is 19.1 Å². The Morgan fingerprint density at radius 1 is 1.47 bits per heavy atom. The maximum absolute atomic E-state index is 11.7. The molecule has 0 fully saturated rings. The summed E-state index contributed by atoms with van der Waals surface area (Å²) >= 11 is 0. The van der Waals surface area contributed by atoms with Crippen molar-refractivity contribution in [3.05, 3.63) is 24.0 Å². The van der Waals surface area contributed by atoms with Crippen molar-refractivity contribution in [2.75, 3.05) is 32.6 Å². The Kier molecular flexibility index (Phi) is 4.86. The van der Waals surface area contributed by atoms with Crippen LogP contribution in [0.15, 0.2) is 18.3 Å². The number of anilines is 1. The van der Waals surface area contributed by atoms with Gasteiger partial charge >= 0.3 is 0 Å². The summed E-state index contributed by atoms with van der Waals surface area (Å²) in [7, 11) is 3.29. The van der Waals surface area contributed by atoms with Crippen LogP contribution >= 0.6 is 0 Å². The van der Waals surface area contributed by atoms with Gasteiger partial charge < -0.3 is 20.4 Å². The summed E-state index contributed by atoms with van der Waals surface area (Å²) in [6.07, 6.45) is 1.50. The van der Waals surface area contributed by atoms with Crippen molar-refractivity contribution in [3.63, 3.8) is 0 Å². The van der Waals surface area contributed by atoms with Crippen molar-refractivity contribution in [3.8, 4) is 0 Å². The molecule has 1 aromatic rings. The van der Waals surface area contributed by atoms with E-state index in [2.05, 4.69) is 10.3 Å². The number of aliphatic hydroxyl groups excluding tert-OH is 2. The highest BCUT2D eigenvalue weighted by atomic mass is 16.3. The number of carbonyl (C=O) groups excluding carboxylic acids is 1. The molecule has 6 nitrogen and oxygen atoms in total. The molecule has 0 aliphatic rings. The first-order valence-corrected chi connectivity index (χ1v) is 5.24. The lowest BCUT2D eigenvalue weighted by Crippen LogP contribution is -2.28. The first-order chi connectivity index (χ1) is 8.08. The van der Waals surface area contributed by atoms with Crippen LogP contribution in [0, 0.1) is 0 Å². The molecule has 0 radical (unpaired) electrons. The third kappa shape index (κ3) is 3.69.